The standard InChI is InChI=1S/C21H30N2O2/c24-21(12-19-11-17-6-7-18(19)10-17)22-13-20-15-23(8-9-25-20)14-16-4-2-1-3-5-16/h1-5,17-20H,6-15H2,(H,22,24)/t17-,18+,19-,20+/m0/s1. The molecule has 1 N–H and O–H groups in total. The Bertz CT molecular complexity index is 577. The van der Waals surface area contributed by atoms with E-state index in [1.165, 1.54) is 31.2 Å². The number of nitrogens with one attached hydrogen (secondary N) is 1. The molecular formula is C21H30N2O2. The molecule has 3 aliphatic rings. The van der Waals surface area contributed by atoms with Crippen LogP contribution in [0.3, 0.4) is 0 Å². The lowest BCUT2D eigenvalue weighted by Gasteiger charge is -2.33. The van der Waals surface area contributed by atoms with E-state index in [2.05, 4.69) is 40.5 Å². The molecule has 1 heterocycles. The number of ether oxygens (including phenoxy) is 1. The summed E-state index contributed by atoms with van der Waals surface area (Å²) in [7, 11) is 0. The summed E-state index contributed by atoms with van der Waals surface area (Å²) < 4.78 is 5.86. The van der Waals surface area contributed by atoms with Crippen molar-refractivity contribution in [1.29, 1.82) is 0 Å². The van der Waals surface area contributed by atoms with Gasteiger partial charge in [-0.05, 0) is 42.6 Å². The first-order chi connectivity index (χ1) is 12.3. The van der Waals surface area contributed by atoms with E-state index >= 15 is 0 Å². The van der Waals surface area contributed by atoms with Crippen molar-refractivity contribution in [1.82, 2.24) is 10.2 Å². The fraction of sp³-hybridized carbons (Fsp3) is 0.667. The molecule has 136 valence electrons. The van der Waals surface area contributed by atoms with Gasteiger partial charge in [0.1, 0.15) is 0 Å². The van der Waals surface area contributed by atoms with Crippen molar-refractivity contribution in [2.45, 2.75) is 44.8 Å². The lowest BCUT2D eigenvalue weighted by molar-refractivity contribution is -0.123. The third kappa shape index (κ3) is 4.42. The number of benzene rings is 1. The van der Waals surface area contributed by atoms with Crippen molar-refractivity contribution in [3.05, 3.63) is 35.9 Å². The number of rotatable bonds is 6. The van der Waals surface area contributed by atoms with Crippen LogP contribution < -0.4 is 5.32 Å². The smallest absolute Gasteiger partial charge is 0.220 e. The number of carbonyl (C=O) groups is 1. The minimum absolute atomic E-state index is 0.112. The Balaban J connectivity index is 1.19. The van der Waals surface area contributed by atoms with Crippen molar-refractivity contribution >= 4 is 5.91 Å². The first-order valence-electron chi connectivity index (χ1n) is 9.91. The maximum Gasteiger partial charge on any atom is 0.220 e. The Labute approximate surface area is 150 Å². The van der Waals surface area contributed by atoms with Crippen molar-refractivity contribution in [2.75, 3.05) is 26.2 Å². The van der Waals surface area contributed by atoms with Crippen LogP contribution in [0.4, 0.5) is 0 Å². The summed E-state index contributed by atoms with van der Waals surface area (Å²) in [6.45, 7) is 4.21. The molecule has 4 nitrogen and oxygen atoms in total. The molecule has 1 saturated heterocycles. The SMILES string of the molecule is O=C(C[C@@H]1C[C@H]2CC[C@@H]1C2)NC[C@@H]1CN(Cc2ccccc2)CCO1. The first kappa shape index (κ1) is 17.0. The lowest BCUT2D eigenvalue weighted by atomic mass is 9.86. The molecule has 0 spiro atoms. The van der Waals surface area contributed by atoms with Crippen LogP contribution in [0.2, 0.25) is 0 Å². The number of nitrogens with zero attached hydrogens (tertiary/aromatic N) is 1. The Morgan fingerprint density at radius 1 is 1.20 bits per heavy atom. The topological polar surface area (TPSA) is 41.6 Å². The highest BCUT2D eigenvalue weighted by molar-refractivity contribution is 5.76. The highest BCUT2D eigenvalue weighted by atomic mass is 16.5. The number of hydrogen-bond acceptors (Lipinski definition) is 3. The number of carbonyl (C=O) groups excluding carboxylic acids is 1. The van der Waals surface area contributed by atoms with E-state index in [0.717, 1.165) is 44.5 Å². The molecule has 2 aliphatic carbocycles. The summed E-state index contributed by atoms with van der Waals surface area (Å²) in [5.74, 6) is 2.60. The minimum Gasteiger partial charge on any atom is -0.374 e. The Morgan fingerprint density at radius 3 is 2.84 bits per heavy atom. The Hall–Kier alpha value is -1.39. The normalized spacial score (nSPS) is 32.0. The highest BCUT2D eigenvalue weighted by Crippen LogP contribution is 2.49. The van der Waals surface area contributed by atoms with Crippen LogP contribution in [0.5, 0.6) is 0 Å². The van der Waals surface area contributed by atoms with E-state index in [1.807, 2.05) is 0 Å². The van der Waals surface area contributed by atoms with E-state index in [-0.39, 0.29) is 12.0 Å². The number of morpholine rings is 1. The monoisotopic (exact) mass is 342 g/mol. The van der Waals surface area contributed by atoms with E-state index in [0.29, 0.717) is 12.5 Å². The summed E-state index contributed by atoms with van der Waals surface area (Å²) in [6, 6.07) is 10.6. The van der Waals surface area contributed by atoms with E-state index in [9.17, 15) is 4.79 Å². The number of amides is 1. The fourth-order valence-corrected chi connectivity index (χ4v) is 5.05. The zero-order valence-electron chi connectivity index (χ0n) is 15.0. The quantitative estimate of drug-likeness (QED) is 0.864. The first-order valence-corrected chi connectivity index (χ1v) is 9.91. The molecule has 25 heavy (non-hydrogen) atoms. The van der Waals surface area contributed by atoms with Gasteiger partial charge in [-0.15, -0.1) is 0 Å². The predicted molar refractivity (Wildman–Crippen MR) is 98.0 cm³/mol. The van der Waals surface area contributed by atoms with E-state index in [4.69, 9.17) is 4.74 Å². The van der Waals surface area contributed by atoms with Crippen LogP contribution in [0.1, 0.15) is 37.7 Å². The second-order valence-corrected chi connectivity index (χ2v) is 8.16. The van der Waals surface area contributed by atoms with Gasteiger partial charge < -0.3 is 10.1 Å². The molecule has 1 amide bonds. The van der Waals surface area contributed by atoms with Crippen molar-refractivity contribution in [3.63, 3.8) is 0 Å². The van der Waals surface area contributed by atoms with Crippen LogP contribution in [0.15, 0.2) is 30.3 Å². The number of fused-ring (bicyclic) bond motifs is 2. The zero-order chi connectivity index (χ0) is 17.1. The van der Waals surface area contributed by atoms with Crippen molar-refractivity contribution < 1.29 is 9.53 Å². The molecule has 0 radical (unpaired) electrons. The maximum absolute atomic E-state index is 12.3. The maximum atomic E-state index is 12.3. The summed E-state index contributed by atoms with van der Waals surface area (Å²) in [5, 5.41) is 3.13. The highest BCUT2D eigenvalue weighted by Gasteiger charge is 2.40. The third-order valence-electron chi connectivity index (χ3n) is 6.33. The molecule has 2 bridgehead atoms. The van der Waals surface area contributed by atoms with Gasteiger partial charge in [-0.1, -0.05) is 36.8 Å². The van der Waals surface area contributed by atoms with Gasteiger partial charge in [0.05, 0.1) is 12.7 Å². The van der Waals surface area contributed by atoms with Crippen LogP contribution in [-0.4, -0.2) is 43.2 Å². The third-order valence-corrected chi connectivity index (χ3v) is 6.33. The molecule has 2 saturated carbocycles. The average Bonchev–Trinajstić information content (AvgIpc) is 3.24. The van der Waals surface area contributed by atoms with Gasteiger partial charge in [-0.3, -0.25) is 9.69 Å². The van der Waals surface area contributed by atoms with Gasteiger partial charge in [0, 0.05) is 32.6 Å². The van der Waals surface area contributed by atoms with Crippen LogP contribution in [0.25, 0.3) is 0 Å². The molecule has 1 aromatic rings. The molecular weight excluding hydrogens is 312 g/mol. The van der Waals surface area contributed by atoms with Gasteiger partial charge in [-0.25, -0.2) is 0 Å². The molecule has 3 fully saturated rings. The van der Waals surface area contributed by atoms with E-state index in [1.54, 1.807) is 0 Å². The summed E-state index contributed by atoms with van der Waals surface area (Å²) >= 11 is 0. The van der Waals surface area contributed by atoms with Gasteiger partial charge in [0.15, 0.2) is 0 Å². The fourth-order valence-electron chi connectivity index (χ4n) is 5.05. The van der Waals surface area contributed by atoms with Crippen molar-refractivity contribution in [2.24, 2.45) is 17.8 Å². The van der Waals surface area contributed by atoms with Crippen LogP contribution >= 0.6 is 0 Å². The second-order valence-electron chi connectivity index (χ2n) is 8.16. The molecule has 4 heteroatoms. The summed E-state index contributed by atoms with van der Waals surface area (Å²) in [5.41, 5.74) is 1.34. The van der Waals surface area contributed by atoms with Gasteiger partial charge in [-0.2, -0.15) is 0 Å². The number of hydrogen-bond donors (Lipinski definition) is 1. The van der Waals surface area contributed by atoms with Gasteiger partial charge in [0.25, 0.3) is 0 Å². The minimum atomic E-state index is 0.112. The largest absolute Gasteiger partial charge is 0.374 e. The Morgan fingerprint density at radius 2 is 2.08 bits per heavy atom. The van der Waals surface area contributed by atoms with Crippen molar-refractivity contribution in [3.8, 4) is 0 Å². The lowest BCUT2D eigenvalue weighted by Crippen LogP contribution is -2.47. The summed E-state index contributed by atoms with van der Waals surface area (Å²) in [6.07, 6.45) is 6.24. The molecule has 4 rings (SSSR count). The summed E-state index contributed by atoms with van der Waals surface area (Å²) in [4.78, 5) is 14.7. The van der Waals surface area contributed by atoms with Crippen LogP contribution in [-0.2, 0) is 16.1 Å². The molecule has 0 aromatic heterocycles. The average molecular weight is 342 g/mol. The van der Waals surface area contributed by atoms with Gasteiger partial charge in [0.2, 0.25) is 5.91 Å². The van der Waals surface area contributed by atoms with Gasteiger partial charge >= 0.3 is 0 Å². The van der Waals surface area contributed by atoms with Crippen LogP contribution in [0, 0.1) is 17.8 Å². The molecule has 0 unspecified atom stereocenters. The molecule has 1 aromatic carbocycles. The second kappa shape index (κ2) is 7.88. The predicted octanol–water partition coefficient (Wildman–Crippen LogP) is 2.83. The molecule has 4 atom stereocenters. The zero-order valence-corrected chi connectivity index (χ0v) is 15.0. The Kier molecular flexibility index (Phi) is 5.37. The van der Waals surface area contributed by atoms with E-state index < -0.39 is 0 Å². The molecule has 1 aliphatic heterocycles.